The topological polar surface area (TPSA) is 248 Å². The first-order chi connectivity index (χ1) is 58.1. The van der Waals surface area contributed by atoms with Crippen LogP contribution in [-0.4, -0.2) is 166 Å². The number of allylic oxidation sites excluding steroid dienone is 3. The molecule has 22 nitrogen and oxygen atoms in total. The number of carbonyl (C=O) groups excluding carboxylic acids is 3. The summed E-state index contributed by atoms with van der Waals surface area (Å²) in [6.07, 6.45) is 29.8. The second-order valence-corrected chi connectivity index (χ2v) is 40.6. The molecule has 2 unspecified atom stereocenters. The summed E-state index contributed by atoms with van der Waals surface area (Å²) in [4.78, 5) is 57.3. The molecule has 19 rings (SSSR count). The SMILES string of the molecule is C=S(=O)(C1CCOCC1)N(C)[C@H]1CCC2=Cc3c(cnn3-c3ccc(F)cc3)C[C@]2(C(=O)c2cc(C)ccn2)C1.C=S(=O)(c1cnn(C)c1)N(C)[C@H]1CCC2=Cc3c(cnn3-c3ccc(F)cc3)C[C@]2(C(=O)c2ccc(C3CC3)cn2)C1.CN(c1ccccc1)S(=O)(=O)[C@H]1CCC2=Cc3c(cnn3-c3ccc(F)cc3)C[C@]2(C(=O)c2ccccn2)C1. The van der Waals surface area contributed by atoms with E-state index in [-0.39, 0.29) is 58.6 Å². The molecule has 0 bridgehead atoms. The van der Waals surface area contributed by atoms with Crippen LogP contribution in [0.1, 0.15) is 166 Å². The van der Waals surface area contributed by atoms with Crippen LogP contribution < -0.4 is 4.31 Å². The highest BCUT2D eigenvalue weighted by Gasteiger charge is 2.55. The lowest BCUT2D eigenvalue weighted by Gasteiger charge is -2.47. The maximum Gasteiger partial charge on any atom is 0.237 e. The Morgan fingerprint density at radius 1 is 0.488 bits per heavy atom. The van der Waals surface area contributed by atoms with E-state index in [4.69, 9.17) is 4.74 Å². The first kappa shape index (κ1) is 82.2. The van der Waals surface area contributed by atoms with Crippen LogP contribution in [0, 0.1) is 40.6 Å². The summed E-state index contributed by atoms with van der Waals surface area (Å²) >= 11 is 0. The number of Topliss-reactive ketones (excluding diaryl/α,β-unsaturated/α-hetero) is 3. The molecule has 1 saturated heterocycles. The Labute approximate surface area is 703 Å². The molecule has 11 aromatic rings. The number of ketones is 3. The van der Waals surface area contributed by atoms with Gasteiger partial charge in [-0.25, -0.2) is 48.5 Å². The predicted octanol–water partition coefficient (Wildman–Crippen LogP) is 15.1. The van der Waals surface area contributed by atoms with E-state index in [2.05, 4.69) is 59.2 Å². The van der Waals surface area contributed by atoms with Gasteiger partial charge in [-0.3, -0.25) is 42.5 Å². The number of pyridine rings is 3. The quantitative estimate of drug-likeness (QED) is 0.0539. The van der Waals surface area contributed by atoms with Crippen molar-refractivity contribution in [3.8, 4) is 17.1 Å². The van der Waals surface area contributed by atoms with Crippen molar-refractivity contribution < 1.29 is 49.1 Å². The highest BCUT2D eigenvalue weighted by Crippen LogP contribution is 2.56. The van der Waals surface area contributed by atoms with Gasteiger partial charge in [0.2, 0.25) is 10.0 Å². The second-order valence-electron chi connectivity index (χ2n) is 33.4. The van der Waals surface area contributed by atoms with Gasteiger partial charge in [0.25, 0.3) is 0 Å². The van der Waals surface area contributed by atoms with Crippen molar-refractivity contribution in [3.63, 3.8) is 0 Å². The van der Waals surface area contributed by atoms with Gasteiger partial charge in [-0.05, 0) is 303 Å². The number of para-hydroxylation sites is 1. The Hall–Kier alpha value is -11.1. The number of rotatable bonds is 19. The van der Waals surface area contributed by atoms with Crippen molar-refractivity contribution in [2.45, 2.75) is 143 Å². The van der Waals surface area contributed by atoms with Crippen molar-refractivity contribution in [1.29, 1.82) is 0 Å². The molecule has 624 valence electrons. The molecule has 0 spiro atoms. The summed E-state index contributed by atoms with van der Waals surface area (Å²) in [6, 6.07) is 40.2. The molecule has 7 aliphatic carbocycles. The molecule has 0 radical (unpaired) electrons. The summed E-state index contributed by atoms with van der Waals surface area (Å²) in [7, 11) is -2.04. The fourth-order valence-electron chi connectivity index (χ4n) is 19.1. The Balaban J connectivity index is 0.000000129. The smallest absolute Gasteiger partial charge is 0.237 e. The Kier molecular flexibility index (Phi) is 22.2. The lowest BCUT2D eigenvalue weighted by molar-refractivity contribution is 0.0742. The number of benzene rings is 4. The zero-order valence-corrected chi connectivity index (χ0v) is 70.6. The van der Waals surface area contributed by atoms with Crippen LogP contribution in [0.5, 0.6) is 0 Å². The predicted molar refractivity (Wildman–Crippen MR) is 463 cm³/mol. The zero-order valence-electron chi connectivity index (χ0n) is 68.1. The fraction of sp³-hybridized carbons (Fsp3) is 0.333. The van der Waals surface area contributed by atoms with E-state index in [9.17, 15) is 44.4 Å². The standard InChI is InChI=1S/C32H33FN6O2S.C31H35FN4O3S.C30H27FN4O3S/c1-37-20-28(19-35-37)42(3,41)38(2)27-10-7-24-14-30-23(18-36-39(30)26-11-8-25(33)9-12-26)15-32(24,16-27)31(40)29-13-6-22(17-34-29)21-4-5-21;1-21-10-13-33-28(16-21)30(37)31-18-22-20-34-36(25-8-5-24(32)6-9-25)29(22)17-23(31)4-7-26(19-31)35(2)40(3,38)27-11-14-39-15-12-27;1-34(24-7-3-2-4-8-24)39(37,38)26-15-10-22-17-28-21(20-33-35(28)25-13-11-23(31)12-14-25)18-30(22,19-26)29(36)27-9-5-6-16-32-27/h6,8-9,11-14,17-21,27H,3-5,7,10,15-16H2,1-2H3;5-6,8-10,13,16-17,20,26-27H,3-4,7,11-12,14-15,18-19H2,1-2H3;2-9,11-14,16-17,20,26H,10,15,18-19H2,1H3/t27-,32-,42?;26-,31-,40?;26-,30-/m000/s1. The third-order valence-electron chi connectivity index (χ3n) is 26.2. The minimum absolute atomic E-state index is 0.0117. The van der Waals surface area contributed by atoms with Crippen molar-refractivity contribution in [3.05, 3.63) is 291 Å². The highest BCUT2D eigenvalue weighted by molar-refractivity contribution is 7.98. The Morgan fingerprint density at radius 2 is 0.959 bits per heavy atom. The molecule has 4 aromatic carbocycles. The molecular formula is C93H95F3N14O8S3. The number of hydrogen-bond donors (Lipinski definition) is 0. The average Bonchev–Trinajstić information content (AvgIpc) is 1.71. The number of hydrogen-bond acceptors (Lipinski definition) is 15. The van der Waals surface area contributed by atoms with Gasteiger partial charge < -0.3 is 4.74 Å². The normalized spacial score (nSPS) is 22.8. The number of fused-ring (bicyclic) bond motifs is 6. The highest BCUT2D eigenvalue weighted by atomic mass is 32.2. The van der Waals surface area contributed by atoms with E-state index in [1.807, 2.05) is 87.8 Å². The van der Waals surface area contributed by atoms with Crippen molar-refractivity contribution in [2.75, 3.05) is 38.7 Å². The van der Waals surface area contributed by atoms with Crippen molar-refractivity contribution in [2.24, 2.45) is 23.3 Å². The number of sulfonamides is 1. The van der Waals surface area contributed by atoms with Crippen LogP contribution >= 0.6 is 0 Å². The molecular weight excluding hydrogens is 1590 g/mol. The molecule has 1 aliphatic heterocycles. The van der Waals surface area contributed by atoms with E-state index in [0.29, 0.717) is 110 Å². The maximum absolute atomic E-state index is 14.6. The number of anilines is 1. The third-order valence-corrected chi connectivity index (χ3v) is 33.3. The van der Waals surface area contributed by atoms with Gasteiger partial charge in [-0.15, -0.1) is 0 Å². The number of halogens is 3. The summed E-state index contributed by atoms with van der Waals surface area (Å²) in [5.41, 5.74) is 11.7. The molecule has 5 fully saturated rings. The lowest BCUT2D eigenvalue weighted by Crippen LogP contribution is -2.51. The van der Waals surface area contributed by atoms with Gasteiger partial charge in [0.05, 0.1) is 101 Å². The van der Waals surface area contributed by atoms with Crippen molar-refractivity contribution in [1.82, 2.24) is 62.7 Å². The van der Waals surface area contributed by atoms with Crippen LogP contribution in [0.3, 0.4) is 0 Å². The van der Waals surface area contributed by atoms with Crippen molar-refractivity contribution >= 4 is 82.4 Å². The number of nitrogens with zero attached hydrogens (tertiary/aromatic N) is 14. The van der Waals surface area contributed by atoms with Crippen LogP contribution in [0.15, 0.2) is 217 Å². The average molecular weight is 1690 g/mol. The van der Waals surface area contributed by atoms with Gasteiger partial charge in [0, 0.05) is 79.1 Å². The van der Waals surface area contributed by atoms with E-state index in [1.165, 1.54) is 59.1 Å². The molecule has 0 N–H and O–H groups in total. The first-order valence-electron chi connectivity index (χ1n) is 41.0. The van der Waals surface area contributed by atoms with E-state index < -0.39 is 50.9 Å². The Morgan fingerprint density at radius 3 is 1.42 bits per heavy atom. The second kappa shape index (κ2) is 32.7. The third kappa shape index (κ3) is 15.5. The molecule has 4 saturated carbocycles. The summed E-state index contributed by atoms with van der Waals surface area (Å²) in [5, 5.41) is 17.3. The molecule has 0 amide bonds. The van der Waals surface area contributed by atoms with Crippen LogP contribution in [0.25, 0.3) is 35.3 Å². The van der Waals surface area contributed by atoms with E-state index >= 15 is 0 Å². The number of carbonyl (C=O) groups is 3. The summed E-state index contributed by atoms with van der Waals surface area (Å²) < 4.78 is 114. The molecule has 28 heteroatoms. The van der Waals surface area contributed by atoms with Gasteiger partial charge in [0.1, 0.15) is 34.5 Å². The monoisotopic (exact) mass is 1690 g/mol. The van der Waals surface area contributed by atoms with Crippen LogP contribution in [-0.2, 0) is 60.5 Å². The zero-order chi connectivity index (χ0) is 84.5. The van der Waals surface area contributed by atoms with E-state index in [0.717, 1.165) is 93.1 Å². The number of aryl methyl sites for hydroxylation is 2. The molecule has 7 aromatic heterocycles. The number of ether oxygens (including phenoxy) is 1. The van der Waals surface area contributed by atoms with Gasteiger partial charge >= 0.3 is 0 Å². The summed E-state index contributed by atoms with van der Waals surface area (Å²) in [5.74, 6) is 7.74. The van der Waals surface area contributed by atoms with Gasteiger partial charge in [0.15, 0.2) is 17.3 Å². The number of aromatic nitrogens is 11. The lowest BCUT2D eigenvalue weighted by atomic mass is 9.60. The van der Waals surface area contributed by atoms with Crippen LogP contribution in [0.2, 0.25) is 0 Å². The molecule has 8 heterocycles. The summed E-state index contributed by atoms with van der Waals surface area (Å²) in [6.45, 7) is 3.16. The van der Waals surface area contributed by atoms with E-state index in [1.54, 1.807) is 140 Å². The minimum atomic E-state index is -3.76. The minimum Gasteiger partial charge on any atom is -0.381 e. The van der Waals surface area contributed by atoms with Gasteiger partial charge in [-0.2, -0.15) is 20.4 Å². The van der Waals surface area contributed by atoms with Gasteiger partial charge in [-0.1, -0.05) is 47.1 Å². The maximum atomic E-state index is 14.6. The first-order valence-corrected chi connectivity index (χ1v) is 45.9. The molecule has 8 aliphatic rings. The van der Waals surface area contributed by atoms with Crippen LogP contribution in [0.4, 0.5) is 18.9 Å². The molecule has 121 heavy (non-hydrogen) atoms. The largest absolute Gasteiger partial charge is 0.381 e. The Bertz CT molecular complexity index is 6260. The molecule has 8 atom stereocenters. The fourth-order valence-corrected chi connectivity index (χ4v) is 24.5.